The standard InChI is InChI=1S/C15H23FN2O2S/c1-10-6-4-3-5-7-14(10)18-21(19,20)15-9-13(17)12(16)8-11(15)2/h8-10,14,18H,3-7,17H2,1-2H3. The lowest BCUT2D eigenvalue weighted by molar-refractivity contribution is 0.399. The minimum atomic E-state index is -3.68. The van der Waals surface area contributed by atoms with Crippen molar-refractivity contribution in [1.82, 2.24) is 4.72 Å². The number of aryl methyl sites for hydroxylation is 1. The highest BCUT2D eigenvalue weighted by molar-refractivity contribution is 7.89. The molecule has 0 aliphatic heterocycles. The number of benzene rings is 1. The summed E-state index contributed by atoms with van der Waals surface area (Å²) in [6.07, 6.45) is 5.18. The Labute approximate surface area is 126 Å². The van der Waals surface area contributed by atoms with Gasteiger partial charge in [-0.05, 0) is 43.4 Å². The number of rotatable bonds is 3. The number of hydrogen-bond acceptors (Lipinski definition) is 3. The van der Waals surface area contributed by atoms with Crippen LogP contribution < -0.4 is 10.5 Å². The van der Waals surface area contributed by atoms with Crippen molar-refractivity contribution in [3.05, 3.63) is 23.5 Å². The largest absolute Gasteiger partial charge is 0.396 e. The van der Waals surface area contributed by atoms with Gasteiger partial charge < -0.3 is 5.73 Å². The van der Waals surface area contributed by atoms with E-state index in [0.717, 1.165) is 32.1 Å². The van der Waals surface area contributed by atoms with Gasteiger partial charge in [0.2, 0.25) is 10.0 Å². The molecule has 118 valence electrons. The average Bonchev–Trinajstić information content (AvgIpc) is 2.59. The van der Waals surface area contributed by atoms with Gasteiger partial charge in [0.1, 0.15) is 5.82 Å². The Morgan fingerprint density at radius 1 is 1.24 bits per heavy atom. The molecule has 6 heteroatoms. The molecule has 0 amide bonds. The molecule has 2 unspecified atom stereocenters. The first kappa shape index (κ1) is 16.2. The fourth-order valence-corrected chi connectivity index (χ4v) is 4.53. The number of nitrogens with two attached hydrogens (primary N) is 1. The maximum Gasteiger partial charge on any atom is 0.241 e. The minimum absolute atomic E-state index is 0.0665. The predicted octanol–water partition coefficient (Wildman–Crippen LogP) is 2.96. The highest BCUT2D eigenvalue weighted by atomic mass is 32.2. The van der Waals surface area contributed by atoms with E-state index in [9.17, 15) is 12.8 Å². The summed E-state index contributed by atoms with van der Waals surface area (Å²) >= 11 is 0. The lowest BCUT2D eigenvalue weighted by atomic mass is 9.98. The topological polar surface area (TPSA) is 72.2 Å². The van der Waals surface area contributed by atoms with Gasteiger partial charge in [-0.15, -0.1) is 0 Å². The van der Waals surface area contributed by atoms with Crippen LogP contribution in [0.4, 0.5) is 10.1 Å². The molecule has 1 aromatic carbocycles. The normalized spacial score (nSPS) is 23.8. The fraction of sp³-hybridized carbons (Fsp3) is 0.600. The van der Waals surface area contributed by atoms with Crippen LogP contribution in [0.5, 0.6) is 0 Å². The second-order valence-corrected chi connectivity index (χ2v) is 7.66. The zero-order valence-electron chi connectivity index (χ0n) is 12.5. The molecular formula is C15H23FN2O2S. The smallest absolute Gasteiger partial charge is 0.241 e. The van der Waals surface area contributed by atoms with E-state index in [0.29, 0.717) is 11.5 Å². The molecule has 1 saturated carbocycles. The molecule has 0 aromatic heterocycles. The maximum absolute atomic E-state index is 13.4. The third-order valence-corrected chi connectivity index (χ3v) is 5.88. The highest BCUT2D eigenvalue weighted by Gasteiger charge is 2.27. The molecule has 4 nitrogen and oxygen atoms in total. The second kappa shape index (κ2) is 6.32. The lowest BCUT2D eigenvalue weighted by Crippen LogP contribution is -2.39. The lowest BCUT2D eigenvalue weighted by Gasteiger charge is -2.23. The number of sulfonamides is 1. The number of anilines is 1. The van der Waals surface area contributed by atoms with Gasteiger partial charge in [-0.25, -0.2) is 17.5 Å². The Morgan fingerprint density at radius 2 is 1.90 bits per heavy atom. The Hall–Kier alpha value is -1.14. The molecule has 0 heterocycles. The monoisotopic (exact) mass is 314 g/mol. The van der Waals surface area contributed by atoms with Gasteiger partial charge in [-0.2, -0.15) is 0 Å². The van der Waals surface area contributed by atoms with Gasteiger partial charge in [0.15, 0.2) is 0 Å². The number of nitrogens with one attached hydrogen (secondary N) is 1. The van der Waals surface area contributed by atoms with Crippen LogP contribution in [0, 0.1) is 18.7 Å². The van der Waals surface area contributed by atoms with Gasteiger partial charge in [0.25, 0.3) is 0 Å². The van der Waals surface area contributed by atoms with Crippen molar-refractivity contribution in [2.75, 3.05) is 5.73 Å². The third-order valence-electron chi connectivity index (χ3n) is 4.25. The molecule has 0 spiro atoms. The van der Waals surface area contributed by atoms with Crippen LogP contribution in [0.25, 0.3) is 0 Å². The number of nitrogen functional groups attached to an aromatic ring is 1. The van der Waals surface area contributed by atoms with Gasteiger partial charge in [-0.3, -0.25) is 0 Å². The summed E-state index contributed by atoms with van der Waals surface area (Å²) in [6.45, 7) is 3.65. The number of halogens is 1. The van der Waals surface area contributed by atoms with Crippen molar-refractivity contribution in [2.45, 2.75) is 56.9 Å². The SMILES string of the molecule is Cc1cc(F)c(N)cc1S(=O)(=O)NC1CCCCCC1C. The summed E-state index contributed by atoms with van der Waals surface area (Å²) in [5.41, 5.74) is 5.73. The molecule has 2 atom stereocenters. The summed E-state index contributed by atoms with van der Waals surface area (Å²) in [5.74, 6) is -0.283. The molecular weight excluding hydrogens is 291 g/mol. The Balaban J connectivity index is 2.27. The van der Waals surface area contributed by atoms with Crippen LogP contribution in [0.15, 0.2) is 17.0 Å². The van der Waals surface area contributed by atoms with Gasteiger partial charge in [-0.1, -0.05) is 26.2 Å². The van der Waals surface area contributed by atoms with Crippen molar-refractivity contribution < 1.29 is 12.8 Å². The molecule has 21 heavy (non-hydrogen) atoms. The fourth-order valence-electron chi connectivity index (χ4n) is 2.89. The molecule has 0 saturated heterocycles. The predicted molar refractivity (Wildman–Crippen MR) is 81.9 cm³/mol. The molecule has 1 aliphatic rings. The first-order chi connectivity index (χ1) is 9.81. The molecule has 3 N–H and O–H groups in total. The van der Waals surface area contributed by atoms with Crippen LogP contribution in [-0.4, -0.2) is 14.5 Å². The highest BCUT2D eigenvalue weighted by Crippen LogP contribution is 2.26. The Bertz CT molecular complexity index is 616. The molecule has 0 radical (unpaired) electrons. The first-order valence-corrected chi connectivity index (χ1v) is 8.87. The van der Waals surface area contributed by atoms with E-state index in [2.05, 4.69) is 11.6 Å². The summed E-state index contributed by atoms with van der Waals surface area (Å²) in [4.78, 5) is 0.0675. The van der Waals surface area contributed by atoms with Gasteiger partial charge in [0, 0.05) is 6.04 Å². The van der Waals surface area contributed by atoms with Crippen LogP contribution in [0.3, 0.4) is 0 Å². The van der Waals surface area contributed by atoms with Crippen LogP contribution in [0.2, 0.25) is 0 Å². The van der Waals surface area contributed by atoms with Crippen molar-refractivity contribution in [3.8, 4) is 0 Å². The molecule has 2 rings (SSSR count). The van der Waals surface area contributed by atoms with Gasteiger partial charge in [0.05, 0.1) is 10.6 Å². The van der Waals surface area contributed by atoms with E-state index in [1.165, 1.54) is 12.1 Å². The Morgan fingerprint density at radius 3 is 2.62 bits per heavy atom. The quantitative estimate of drug-likeness (QED) is 0.665. The molecule has 1 aromatic rings. The van der Waals surface area contributed by atoms with E-state index in [1.54, 1.807) is 6.92 Å². The first-order valence-electron chi connectivity index (χ1n) is 7.39. The molecule has 1 fully saturated rings. The van der Waals surface area contributed by atoms with Crippen LogP contribution in [-0.2, 0) is 10.0 Å². The van der Waals surface area contributed by atoms with E-state index >= 15 is 0 Å². The molecule has 0 bridgehead atoms. The van der Waals surface area contributed by atoms with Crippen molar-refractivity contribution >= 4 is 15.7 Å². The summed E-state index contributed by atoms with van der Waals surface area (Å²) < 4.78 is 41.3. The molecule has 1 aliphatic carbocycles. The van der Waals surface area contributed by atoms with Crippen LogP contribution in [0.1, 0.15) is 44.6 Å². The van der Waals surface area contributed by atoms with Crippen molar-refractivity contribution in [2.24, 2.45) is 5.92 Å². The van der Waals surface area contributed by atoms with Crippen LogP contribution >= 0.6 is 0 Å². The van der Waals surface area contributed by atoms with Gasteiger partial charge >= 0.3 is 0 Å². The van der Waals surface area contributed by atoms with E-state index in [-0.39, 0.29) is 16.6 Å². The zero-order valence-corrected chi connectivity index (χ0v) is 13.3. The van der Waals surface area contributed by atoms with E-state index in [1.807, 2.05) is 0 Å². The third kappa shape index (κ3) is 3.74. The minimum Gasteiger partial charge on any atom is -0.396 e. The second-order valence-electron chi connectivity index (χ2n) is 5.98. The van der Waals surface area contributed by atoms with Crippen molar-refractivity contribution in [1.29, 1.82) is 0 Å². The summed E-state index contributed by atoms with van der Waals surface area (Å²) in [7, 11) is -3.68. The number of hydrogen-bond donors (Lipinski definition) is 2. The zero-order chi connectivity index (χ0) is 15.6. The van der Waals surface area contributed by atoms with E-state index in [4.69, 9.17) is 5.73 Å². The summed E-state index contributed by atoms with van der Waals surface area (Å²) in [5, 5.41) is 0. The Kier molecular flexibility index (Phi) is 4.88. The van der Waals surface area contributed by atoms with Crippen molar-refractivity contribution in [3.63, 3.8) is 0 Å². The van der Waals surface area contributed by atoms with E-state index < -0.39 is 15.8 Å². The average molecular weight is 314 g/mol. The summed E-state index contributed by atoms with van der Waals surface area (Å²) in [6, 6.07) is 2.30. The maximum atomic E-state index is 13.4.